The Balaban J connectivity index is 2.23. The molecule has 1 fully saturated rings. The van der Waals surface area contributed by atoms with E-state index < -0.39 is 0 Å². The van der Waals surface area contributed by atoms with Crippen LogP contribution < -0.4 is 4.74 Å². The lowest BCUT2D eigenvalue weighted by molar-refractivity contribution is 0.325. The first-order chi connectivity index (χ1) is 9.76. The molecule has 1 aromatic rings. The van der Waals surface area contributed by atoms with Crippen LogP contribution in [0.15, 0.2) is 24.8 Å². The summed E-state index contributed by atoms with van der Waals surface area (Å²) < 4.78 is 5.93. The van der Waals surface area contributed by atoms with Gasteiger partial charge in [-0.25, -0.2) is 0 Å². The molecule has 0 radical (unpaired) electrons. The molecule has 0 heterocycles. The van der Waals surface area contributed by atoms with Crippen LogP contribution in [-0.2, 0) is 0 Å². The van der Waals surface area contributed by atoms with Gasteiger partial charge in [0.1, 0.15) is 5.75 Å². The third-order valence-corrected chi connectivity index (χ3v) is 4.52. The third kappa shape index (κ3) is 3.65. The van der Waals surface area contributed by atoms with Gasteiger partial charge in [-0.3, -0.25) is 0 Å². The molecule has 0 aliphatic heterocycles. The van der Waals surface area contributed by atoms with Crippen LogP contribution in [0.4, 0.5) is 0 Å². The van der Waals surface area contributed by atoms with Gasteiger partial charge in [0.2, 0.25) is 0 Å². The van der Waals surface area contributed by atoms with E-state index in [9.17, 15) is 0 Å². The lowest BCUT2D eigenvalue weighted by atomic mass is 9.82. The first-order valence-electron chi connectivity index (χ1n) is 8.14. The monoisotopic (exact) mass is 272 g/mol. The predicted octanol–water partition coefficient (Wildman–Crippen LogP) is 5.80. The van der Waals surface area contributed by atoms with Crippen molar-refractivity contribution in [2.45, 2.75) is 58.3 Å². The molecule has 20 heavy (non-hydrogen) atoms. The van der Waals surface area contributed by atoms with Crippen molar-refractivity contribution in [1.82, 2.24) is 0 Å². The second-order valence-corrected chi connectivity index (χ2v) is 6.07. The summed E-state index contributed by atoms with van der Waals surface area (Å²) in [5.74, 6) is 2.63. The van der Waals surface area contributed by atoms with Crippen LogP contribution in [0.1, 0.15) is 69.4 Å². The van der Waals surface area contributed by atoms with Gasteiger partial charge in [0, 0.05) is 5.56 Å². The zero-order valence-corrected chi connectivity index (χ0v) is 13.0. The molecule has 1 heteroatoms. The van der Waals surface area contributed by atoms with E-state index in [0.29, 0.717) is 5.92 Å². The number of benzene rings is 1. The van der Waals surface area contributed by atoms with Gasteiger partial charge in [-0.1, -0.05) is 63.5 Å². The van der Waals surface area contributed by atoms with Gasteiger partial charge >= 0.3 is 0 Å². The maximum atomic E-state index is 5.93. The van der Waals surface area contributed by atoms with Crippen LogP contribution >= 0.6 is 0 Å². The van der Waals surface area contributed by atoms with Gasteiger partial charge in [-0.05, 0) is 37.2 Å². The fourth-order valence-corrected chi connectivity index (χ4v) is 3.39. The average Bonchev–Trinajstić information content (AvgIpc) is 2.43. The van der Waals surface area contributed by atoms with Crippen molar-refractivity contribution in [3.8, 4) is 5.75 Å². The molecule has 1 nitrogen and oxygen atoms in total. The van der Waals surface area contributed by atoms with Crippen molar-refractivity contribution in [3.63, 3.8) is 0 Å². The number of rotatable bonds is 4. The van der Waals surface area contributed by atoms with E-state index >= 15 is 0 Å². The molecule has 0 spiro atoms. The summed E-state index contributed by atoms with van der Waals surface area (Å²) in [5, 5.41) is 0. The summed E-state index contributed by atoms with van der Waals surface area (Å²) >= 11 is 0. The SMILES string of the molecule is C=Cc1cccc(C2CCCC(C)CCC2)c1OCC. The molecular formula is C19H28O. The Labute approximate surface area is 124 Å². The number of para-hydroxylation sites is 1. The summed E-state index contributed by atoms with van der Waals surface area (Å²) in [7, 11) is 0. The number of ether oxygens (including phenoxy) is 1. The van der Waals surface area contributed by atoms with Crippen molar-refractivity contribution in [1.29, 1.82) is 0 Å². The average molecular weight is 272 g/mol. The van der Waals surface area contributed by atoms with Gasteiger partial charge in [0.25, 0.3) is 0 Å². The van der Waals surface area contributed by atoms with Crippen molar-refractivity contribution >= 4 is 6.08 Å². The summed E-state index contributed by atoms with van der Waals surface area (Å²) in [6.45, 7) is 9.10. The van der Waals surface area contributed by atoms with Crippen LogP contribution in [0.25, 0.3) is 6.08 Å². The van der Waals surface area contributed by atoms with Crippen LogP contribution in [0.5, 0.6) is 5.75 Å². The molecule has 0 N–H and O–H groups in total. The normalized spacial score (nSPS) is 23.7. The minimum Gasteiger partial charge on any atom is -0.493 e. The maximum Gasteiger partial charge on any atom is 0.129 e. The first kappa shape index (κ1) is 15.2. The van der Waals surface area contributed by atoms with Crippen LogP contribution in [0, 0.1) is 5.92 Å². The Morgan fingerprint density at radius 1 is 1.20 bits per heavy atom. The molecule has 110 valence electrons. The zero-order chi connectivity index (χ0) is 14.4. The minimum atomic E-state index is 0.656. The van der Waals surface area contributed by atoms with Crippen molar-refractivity contribution in [3.05, 3.63) is 35.9 Å². The van der Waals surface area contributed by atoms with Crippen molar-refractivity contribution in [2.24, 2.45) is 5.92 Å². The molecule has 1 saturated carbocycles. The quantitative estimate of drug-likeness (QED) is 0.673. The Hall–Kier alpha value is -1.24. The molecule has 1 aromatic carbocycles. The Morgan fingerprint density at radius 3 is 2.50 bits per heavy atom. The maximum absolute atomic E-state index is 5.93. The van der Waals surface area contributed by atoms with Gasteiger partial charge in [-0.2, -0.15) is 0 Å². The third-order valence-electron chi connectivity index (χ3n) is 4.52. The standard InChI is InChI=1S/C19H28O/c1-4-16-11-8-14-18(19(16)20-5-2)17-12-6-9-15(3)10-7-13-17/h4,8,11,14-15,17H,1,5-7,9-10,12-13H2,2-3H3. The van der Waals surface area contributed by atoms with E-state index in [0.717, 1.165) is 23.8 Å². The molecule has 0 saturated heterocycles. The van der Waals surface area contributed by atoms with Crippen molar-refractivity contribution in [2.75, 3.05) is 6.61 Å². The fraction of sp³-hybridized carbons (Fsp3) is 0.579. The molecule has 1 aliphatic rings. The molecule has 0 unspecified atom stereocenters. The lowest BCUT2D eigenvalue weighted by Crippen LogP contribution is -2.09. The molecule has 0 bridgehead atoms. The largest absolute Gasteiger partial charge is 0.493 e. The van der Waals surface area contributed by atoms with Crippen molar-refractivity contribution < 1.29 is 4.74 Å². The second kappa shape index (κ2) is 7.52. The molecule has 1 aliphatic carbocycles. The highest BCUT2D eigenvalue weighted by Gasteiger charge is 2.20. The predicted molar refractivity (Wildman–Crippen MR) is 87.3 cm³/mol. The summed E-state index contributed by atoms with van der Waals surface area (Å²) in [6, 6.07) is 6.51. The molecule has 0 atom stereocenters. The lowest BCUT2D eigenvalue weighted by Gasteiger charge is -2.25. The minimum absolute atomic E-state index is 0.656. The van der Waals surface area contributed by atoms with Crippen LogP contribution in [0.2, 0.25) is 0 Å². The van der Waals surface area contributed by atoms with E-state index in [-0.39, 0.29) is 0 Å². The number of hydrogen-bond acceptors (Lipinski definition) is 1. The number of hydrogen-bond donors (Lipinski definition) is 0. The van der Waals surface area contributed by atoms with Gasteiger partial charge in [0.05, 0.1) is 6.61 Å². The zero-order valence-electron chi connectivity index (χ0n) is 13.0. The second-order valence-electron chi connectivity index (χ2n) is 6.07. The highest BCUT2D eigenvalue weighted by molar-refractivity contribution is 5.59. The summed E-state index contributed by atoms with van der Waals surface area (Å²) in [5.41, 5.74) is 2.54. The first-order valence-corrected chi connectivity index (χ1v) is 8.14. The molecule has 0 amide bonds. The van der Waals surface area contributed by atoms with E-state index in [2.05, 4.69) is 38.6 Å². The van der Waals surface area contributed by atoms with Gasteiger partial charge in [-0.15, -0.1) is 0 Å². The molecule has 0 aromatic heterocycles. The van der Waals surface area contributed by atoms with Crippen LogP contribution in [0.3, 0.4) is 0 Å². The Morgan fingerprint density at radius 2 is 1.90 bits per heavy atom. The highest BCUT2D eigenvalue weighted by atomic mass is 16.5. The summed E-state index contributed by atoms with van der Waals surface area (Å²) in [4.78, 5) is 0. The van der Waals surface area contributed by atoms with E-state index in [1.807, 2.05) is 6.08 Å². The van der Waals surface area contributed by atoms with Gasteiger partial charge in [0.15, 0.2) is 0 Å². The van der Waals surface area contributed by atoms with E-state index in [1.54, 1.807) is 0 Å². The smallest absolute Gasteiger partial charge is 0.129 e. The van der Waals surface area contributed by atoms with Crippen LogP contribution in [-0.4, -0.2) is 6.61 Å². The molecular weight excluding hydrogens is 244 g/mol. The topological polar surface area (TPSA) is 9.23 Å². The Kier molecular flexibility index (Phi) is 5.70. The fourth-order valence-electron chi connectivity index (χ4n) is 3.39. The molecule has 2 rings (SSSR count). The summed E-state index contributed by atoms with van der Waals surface area (Å²) in [6.07, 6.45) is 9.95. The highest BCUT2D eigenvalue weighted by Crippen LogP contribution is 2.38. The van der Waals surface area contributed by atoms with E-state index in [4.69, 9.17) is 4.74 Å². The van der Waals surface area contributed by atoms with E-state index in [1.165, 1.54) is 44.1 Å². The van der Waals surface area contributed by atoms with Gasteiger partial charge < -0.3 is 4.74 Å². The Bertz CT molecular complexity index is 425.